The van der Waals surface area contributed by atoms with Crippen molar-refractivity contribution < 1.29 is 14.0 Å². The lowest BCUT2D eigenvalue weighted by atomic mass is 10.0. The van der Waals surface area contributed by atoms with Crippen LogP contribution in [0.3, 0.4) is 0 Å². The number of para-hydroxylation sites is 1. The van der Waals surface area contributed by atoms with E-state index in [9.17, 15) is 9.59 Å². The molecule has 2 saturated heterocycles. The van der Waals surface area contributed by atoms with E-state index in [4.69, 9.17) is 4.42 Å². The van der Waals surface area contributed by atoms with Gasteiger partial charge in [-0.1, -0.05) is 18.2 Å². The van der Waals surface area contributed by atoms with Crippen molar-refractivity contribution in [1.82, 2.24) is 15.2 Å². The number of nitrogens with one attached hydrogen (secondary N) is 2. The fourth-order valence-corrected chi connectivity index (χ4v) is 5.68. The Bertz CT molecular complexity index is 1370. The zero-order valence-electron chi connectivity index (χ0n) is 23.4. The summed E-state index contributed by atoms with van der Waals surface area (Å²) in [4.78, 5) is 37.9. The molecule has 0 spiro atoms. The second-order valence-corrected chi connectivity index (χ2v) is 11.3. The molecule has 210 valence electrons. The molecule has 0 atom stereocenters. The molecule has 9 nitrogen and oxygen atoms in total. The first-order chi connectivity index (χ1) is 19.4. The third-order valence-corrected chi connectivity index (χ3v) is 8.32. The van der Waals surface area contributed by atoms with E-state index in [2.05, 4.69) is 68.6 Å². The molecule has 2 aromatic carbocycles. The van der Waals surface area contributed by atoms with Gasteiger partial charge in [-0.2, -0.15) is 0 Å². The maximum atomic E-state index is 13.2. The predicted molar refractivity (Wildman–Crippen MR) is 156 cm³/mol. The Balaban J connectivity index is 1.21. The zero-order chi connectivity index (χ0) is 27.6. The number of rotatable bonds is 7. The summed E-state index contributed by atoms with van der Waals surface area (Å²) in [5.74, 6) is 0.513. The Morgan fingerprint density at radius 1 is 0.875 bits per heavy atom. The summed E-state index contributed by atoms with van der Waals surface area (Å²) in [7, 11) is 2.11. The molecular formula is C31H38N6O3. The highest BCUT2D eigenvalue weighted by Gasteiger charge is 2.30. The molecule has 2 amide bonds. The number of nitrogens with zero attached hydrogens (tertiary/aromatic N) is 4. The number of benzene rings is 2. The summed E-state index contributed by atoms with van der Waals surface area (Å²) >= 11 is 0. The molecule has 3 fully saturated rings. The van der Waals surface area contributed by atoms with Gasteiger partial charge in [-0.3, -0.25) is 9.59 Å². The summed E-state index contributed by atoms with van der Waals surface area (Å²) in [5, 5.41) is 6.24. The Kier molecular flexibility index (Phi) is 7.47. The number of likely N-dealkylation sites (tertiary alicyclic amines) is 1. The first kappa shape index (κ1) is 26.4. The normalized spacial score (nSPS) is 18.6. The van der Waals surface area contributed by atoms with Crippen LogP contribution in [-0.4, -0.2) is 74.1 Å². The van der Waals surface area contributed by atoms with Gasteiger partial charge in [-0.15, -0.1) is 0 Å². The van der Waals surface area contributed by atoms with Gasteiger partial charge in [0.1, 0.15) is 6.26 Å². The standard InChI is InChI=1S/C31H38N6O3/c1-21-5-3-4-6-27(21)36-15-17-37(18-16-36)28-10-9-23(29(38)32-24-11-13-35(2)14-12-24)19-25(28)33-30(39)26-20-40-31(34-26)22-7-8-22/h3-6,9-10,19-20,22,24H,7-8,11-18H2,1-2H3,(H,32,38)(H,33,39). The van der Waals surface area contributed by atoms with Gasteiger partial charge in [-0.05, 0) is 82.6 Å². The summed E-state index contributed by atoms with van der Waals surface area (Å²) in [6, 6.07) is 14.2. The van der Waals surface area contributed by atoms with E-state index in [1.807, 2.05) is 12.1 Å². The quantitative estimate of drug-likeness (QED) is 0.461. The summed E-state index contributed by atoms with van der Waals surface area (Å²) in [5.41, 5.74) is 4.84. The Labute approximate surface area is 235 Å². The molecule has 0 unspecified atom stereocenters. The number of carbonyl (C=O) groups is 2. The van der Waals surface area contributed by atoms with Crippen LogP contribution in [0.2, 0.25) is 0 Å². The number of piperidine rings is 1. The highest BCUT2D eigenvalue weighted by Crippen LogP contribution is 2.39. The van der Waals surface area contributed by atoms with Gasteiger partial charge in [0.2, 0.25) is 0 Å². The van der Waals surface area contributed by atoms with Crippen LogP contribution < -0.4 is 20.4 Å². The van der Waals surface area contributed by atoms with Gasteiger partial charge >= 0.3 is 0 Å². The van der Waals surface area contributed by atoms with Crippen LogP contribution in [0.5, 0.6) is 0 Å². The lowest BCUT2D eigenvalue weighted by Gasteiger charge is -2.38. The molecule has 1 aromatic heterocycles. The molecule has 0 bridgehead atoms. The molecule has 2 aliphatic heterocycles. The van der Waals surface area contributed by atoms with E-state index in [1.165, 1.54) is 17.5 Å². The lowest BCUT2D eigenvalue weighted by molar-refractivity contribution is 0.0916. The fourth-order valence-electron chi connectivity index (χ4n) is 5.68. The van der Waals surface area contributed by atoms with Gasteiger partial charge in [-0.25, -0.2) is 4.98 Å². The monoisotopic (exact) mass is 542 g/mol. The number of piperazine rings is 1. The van der Waals surface area contributed by atoms with Crippen molar-refractivity contribution in [2.45, 2.75) is 44.6 Å². The van der Waals surface area contributed by atoms with Crippen molar-refractivity contribution >= 4 is 28.9 Å². The van der Waals surface area contributed by atoms with Gasteiger partial charge < -0.3 is 29.8 Å². The van der Waals surface area contributed by atoms with Crippen LogP contribution in [0.25, 0.3) is 0 Å². The number of hydrogen-bond acceptors (Lipinski definition) is 7. The molecule has 3 aromatic rings. The van der Waals surface area contributed by atoms with Crippen LogP contribution in [0.1, 0.15) is 63.9 Å². The summed E-state index contributed by atoms with van der Waals surface area (Å²) < 4.78 is 5.56. The van der Waals surface area contributed by atoms with E-state index in [1.54, 1.807) is 6.07 Å². The number of aromatic nitrogens is 1. The molecule has 40 heavy (non-hydrogen) atoms. The topological polar surface area (TPSA) is 94.0 Å². The predicted octanol–water partition coefficient (Wildman–Crippen LogP) is 4.26. The number of oxazole rings is 1. The maximum absolute atomic E-state index is 13.2. The zero-order valence-corrected chi connectivity index (χ0v) is 23.4. The van der Waals surface area contributed by atoms with E-state index in [0.29, 0.717) is 23.1 Å². The van der Waals surface area contributed by atoms with Crippen LogP contribution in [0.15, 0.2) is 53.1 Å². The highest BCUT2D eigenvalue weighted by molar-refractivity contribution is 6.06. The smallest absolute Gasteiger partial charge is 0.277 e. The number of amides is 2. The summed E-state index contributed by atoms with van der Waals surface area (Å²) in [6.45, 7) is 7.42. The van der Waals surface area contributed by atoms with Crippen LogP contribution in [-0.2, 0) is 0 Å². The first-order valence-electron chi connectivity index (χ1n) is 14.4. The molecule has 1 aliphatic carbocycles. The number of carbonyl (C=O) groups excluding carboxylic acids is 2. The van der Waals surface area contributed by atoms with Crippen molar-refractivity contribution in [2.24, 2.45) is 0 Å². The lowest BCUT2D eigenvalue weighted by Crippen LogP contribution is -2.47. The third kappa shape index (κ3) is 5.84. The molecule has 0 radical (unpaired) electrons. The molecule has 1 saturated carbocycles. The fraction of sp³-hybridized carbons (Fsp3) is 0.452. The van der Waals surface area contributed by atoms with E-state index in [0.717, 1.165) is 70.6 Å². The average molecular weight is 543 g/mol. The van der Waals surface area contributed by atoms with Gasteiger partial charge in [0.15, 0.2) is 11.6 Å². The minimum absolute atomic E-state index is 0.113. The maximum Gasteiger partial charge on any atom is 0.277 e. The van der Waals surface area contributed by atoms with Gasteiger partial charge in [0.05, 0.1) is 11.4 Å². The van der Waals surface area contributed by atoms with Crippen molar-refractivity contribution in [3.8, 4) is 0 Å². The SMILES string of the molecule is Cc1ccccc1N1CCN(c2ccc(C(=O)NC3CCN(C)CC3)cc2NC(=O)c2coc(C3CC3)n2)CC1. The van der Waals surface area contributed by atoms with Gasteiger partial charge in [0.25, 0.3) is 11.8 Å². The Hall–Kier alpha value is -3.85. The summed E-state index contributed by atoms with van der Waals surface area (Å²) in [6.07, 6.45) is 5.40. The highest BCUT2D eigenvalue weighted by atomic mass is 16.3. The first-order valence-corrected chi connectivity index (χ1v) is 14.4. The molecule has 6 rings (SSSR count). The van der Waals surface area contributed by atoms with E-state index >= 15 is 0 Å². The second-order valence-electron chi connectivity index (χ2n) is 11.3. The number of aryl methyl sites for hydroxylation is 1. The third-order valence-electron chi connectivity index (χ3n) is 8.32. The molecule has 2 N–H and O–H groups in total. The van der Waals surface area contributed by atoms with E-state index < -0.39 is 0 Å². The van der Waals surface area contributed by atoms with Crippen molar-refractivity contribution in [1.29, 1.82) is 0 Å². The number of hydrogen-bond donors (Lipinski definition) is 2. The second kappa shape index (κ2) is 11.3. The average Bonchev–Trinajstić information content (AvgIpc) is 3.70. The Morgan fingerprint density at radius 3 is 2.27 bits per heavy atom. The molecular weight excluding hydrogens is 504 g/mol. The molecule has 3 aliphatic rings. The van der Waals surface area contributed by atoms with Gasteiger partial charge in [0, 0.05) is 49.4 Å². The van der Waals surface area contributed by atoms with Crippen LogP contribution >= 0.6 is 0 Å². The van der Waals surface area contributed by atoms with Crippen LogP contribution in [0.4, 0.5) is 17.1 Å². The number of anilines is 3. The Morgan fingerprint density at radius 2 is 1.57 bits per heavy atom. The van der Waals surface area contributed by atoms with E-state index in [-0.39, 0.29) is 23.6 Å². The van der Waals surface area contributed by atoms with Crippen molar-refractivity contribution in [3.63, 3.8) is 0 Å². The molecule has 9 heteroatoms. The molecule has 3 heterocycles. The van der Waals surface area contributed by atoms with Crippen LogP contribution in [0, 0.1) is 6.92 Å². The largest absolute Gasteiger partial charge is 0.448 e. The minimum atomic E-state index is -0.330. The minimum Gasteiger partial charge on any atom is -0.448 e. The van der Waals surface area contributed by atoms with Crippen molar-refractivity contribution in [2.75, 3.05) is 61.4 Å². The van der Waals surface area contributed by atoms with Crippen molar-refractivity contribution in [3.05, 3.63) is 71.4 Å².